The number of rotatable bonds is 6. The van der Waals surface area contributed by atoms with Gasteiger partial charge >= 0.3 is 12.6 Å². The highest BCUT2D eigenvalue weighted by atomic mass is 19.3. The fourth-order valence-corrected chi connectivity index (χ4v) is 2.27. The number of pyridine rings is 1. The average Bonchev–Trinajstić information content (AvgIpc) is 3.02. The van der Waals surface area contributed by atoms with Crippen molar-refractivity contribution < 1.29 is 27.8 Å². The Morgan fingerprint density at radius 2 is 2.08 bits per heavy atom. The summed E-state index contributed by atoms with van der Waals surface area (Å²) < 4.78 is 40.9. The Kier molecular flexibility index (Phi) is 4.78. The molecule has 0 atom stereocenters. The third kappa shape index (κ3) is 3.85. The van der Waals surface area contributed by atoms with Gasteiger partial charge < -0.3 is 18.6 Å². The molecule has 0 saturated heterocycles. The number of carbonyl (C=O) groups excluding carboxylic acids is 1. The highest BCUT2D eigenvalue weighted by molar-refractivity contribution is 5.90. The molecule has 0 bridgehead atoms. The summed E-state index contributed by atoms with van der Waals surface area (Å²) in [6, 6.07) is 9.38. The molecule has 25 heavy (non-hydrogen) atoms. The van der Waals surface area contributed by atoms with Gasteiger partial charge in [0.25, 0.3) is 0 Å². The van der Waals surface area contributed by atoms with Crippen molar-refractivity contribution in [3.63, 3.8) is 0 Å². The lowest BCUT2D eigenvalue weighted by molar-refractivity contribution is -0.0512. The number of hydrogen-bond donors (Lipinski definition) is 0. The Hall–Kier alpha value is -3.16. The SMILES string of the molecule is COc1cc(C(=O)OCc2cn3ccccc3n2)ccc1OC(F)F. The number of nitrogens with zero attached hydrogens (tertiary/aromatic N) is 2. The first-order valence-electron chi connectivity index (χ1n) is 7.29. The first-order chi connectivity index (χ1) is 12.1. The maximum atomic E-state index is 12.3. The molecular weight excluding hydrogens is 334 g/mol. The number of halogens is 2. The van der Waals surface area contributed by atoms with Crippen molar-refractivity contribution >= 4 is 11.6 Å². The number of aromatic nitrogens is 2. The normalized spacial score (nSPS) is 10.9. The van der Waals surface area contributed by atoms with Gasteiger partial charge in [-0.2, -0.15) is 8.78 Å². The molecule has 0 unspecified atom stereocenters. The largest absolute Gasteiger partial charge is 0.493 e. The zero-order valence-electron chi connectivity index (χ0n) is 13.2. The molecule has 1 aromatic carbocycles. The van der Waals surface area contributed by atoms with E-state index >= 15 is 0 Å². The van der Waals surface area contributed by atoms with Crippen LogP contribution < -0.4 is 9.47 Å². The zero-order valence-corrected chi connectivity index (χ0v) is 13.2. The molecule has 2 heterocycles. The fourth-order valence-electron chi connectivity index (χ4n) is 2.27. The Bertz CT molecular complexity index is 862. The summed E-state index contributed by atoms with van der Waals surface area (Å²) in [6.45, 7) is -3.00. The molecule has 130 valence electrons. The van der Waals surface area contributed by atoms with Gasteiger partial charge in [0.1, 0.15) is 12.3 Å². The molecular formula is C17H14F2N2O4. The van der Waals surface area contributed by atoms with Gasteiger partial charge in [-0.25, -0.2) is 9.78 Å². The van der Waals surface area contributed by atoms with Crippen molar-refractivity contribution in [3.05, 3.63) is 60.0 Å². The van der Waals surface area contributed by atoms with Crippen molar-refractivity contribution in [2.24, 2.45) is 0 Å². The Balaban J connectivity index is 1.70. The number of ether oxygens (including phenoxy) is 3. The predicted octanol–water partition coefficient (Wildman–Crippen LogP) is 3.30. The summed E-state index contributed by atoms with van der Waals surface area (Å²) in [5.41, 5.74) is 1.48. The van der Waals surface area contributed by atoms with Gasteiger partial charge in [0.2, 0.25) is 0 Å². The molecule has 0 N–H and O–H groups in total. The number of fused-ring (bicyclic) bond motifs is 1. The van der Waals surface area contributed by atoms with Crippen LogP contribution in [0.4, 0.5) is 8.78 Å². The topological polar surface area (TPSA) is 62.1 Å². The van der Waals surface area contributed by atoms with E-state index in [1.165, 1.54) is 25.3 Å². The Morgan fingerprint density at radius 1 is 1.24 bits per heavy atom. The standard InChI is InChI=1S/C17H14F2N2O4/c1-23-14-8-11(5-6-13(14)25-17(18)19)16(22)24-10-12-9-21-7-3-2-4-15(21)20-12/h2-9,17H,10H2,1H3. The molecule has 0 amide bonds. The van der Waals surface area contributed by atoms with Crippen molar-refractivity contribution in [3.8, 4) is 11.5 Å². The first kappa shape index (κ1) is 16.7. The van der Waals surface area contributed by atoms with E-state index in [2.05, 4.69) is 9.72 Å². The number of alkyl halides is 2. The van der Waals surface area contributed by atoms with Crippen LogP contribution in [0.3, 0.4) is 0 Å². The van der Waals surface area contributed by atoms with E-state index in [-0.39, 0.29) is 23.7 Å². The van der Waals surface area contributed by atoms with Gasteiger partial charge in [-0.05, 0) is 30.3 Å². The second-order valence-corrected chi connectivity index (χ2v) is 5.02. The quantitative estimate of drug-likeness (QED) is 0.640. The van der Waals surface area contributed by atoms with Crippen molar-refractivity contribution in [2.45, 2.75) is 13.2 Å². The third-order valence-electron chi connectivity index (χ3n) is 3.38. The van der Waals surface area contributed by atoms with Crippen LogP contribution in [0.15, 0.2) is 48.8 Å². The summed E-state index contributed by atoms with van der Waals surface area (Å²) in [4.78, 5) is 16.5. The van der Waals surface area contributed by atoms with Gasteiger partial charge in [0.15, 0.2) is 11.5 Å². The van der Waals surface area contributed by atoms with Gasteiger partial charge in [-0.1, -0.05) is 6.07 Å². The summed E-state index contributed by atoms with van der Waals surface area (Å²) in [7, 11) is 1.29. The molecule has 6 nitrogen and oxygen atoms in total. The van der Waals surface area contributed by atoms with Gasteiger partial charge in [-0.3, -0.25) is 0 Å². The fraction of sp³-hybridized carbons (Fsp3) is 0.176. The second-order valence-electron chi connectivity index (χ2n) is 5.02. The molecule has 0 aliphatic carbocycles. The van der Waals surface area contributed by atoms with E-state index in [4.69, 9.17) is 9.47 Å². The van der Waals surface area contributed by atoms with E-state index in [9.17, 15) is 13.6 Å². The lowest BCUT2D eigenvalue weighted by Crippen LogP contribution is -2.07. The Labute approximate surface area is 141 Å². The molecule has 0 radical (unpaired) electrons. The summed E-state index contributed by atoms with van der Waals surface area (Å²) in [5, 5.41) is 0. The van der Waals surface area contributed by atoms with Crippen molar-refractivity contribution in [1.29, 1.82) is 0 Å². The van der Waals surface area contributed by atoms with Crippen LogP contribution in [0.2, 0.25) is 0 Å². The molecule has 0 aliphatic rings. The third-order valence-corrected chi connectivity index (χ3v) is 3.38. The van der Waals surface area contributed by atoms with E-state index in [0.717, 1.165) is 5.65 Å². The predicted molar refractivity (Wildman–Crippen MR) is 83.9 cm³/mol. The highest BCUT2D eigenvalue weighted by Crippen LogP contribution is 2.29. The van der Waals surface area contributed by atoms with Crippen LogP contribution >= 0.6 is 0 Å². The maximum absolute atomic E-state index is 12.3. The van der Waals surface area contributed by atoms with Gasteiger partial charge in [0, 0.05) is 12.4 Å². The first-order valence-corrected chi connectivity index (χ1v) is 7.29. The van der Waals surface area contributed by atoms with E-state index in [1.807, 2.05) is 28.8 Å². The van der Waals surface area contributed by atoms with Crippen LogP contribution in [0.5, 0.6) is 11.5 Å². The molecule has 0 fully saturated rings. The minimum atomic E-state index is -2.98. The number of esters is 1. The minimum Gasteiger partial charge on any atom is -0.493 e. The van der Waals surface area contributed by atoms with E-state index in [0.29, 0.717) is 5.69 Å². The number of benzene rings is 1. The van der Waals surface area contributed by atoms with Crippen LogP contribution in [0, 0.1) is 0 Å². The number of methoxy groups -OCH3 is 1. The summed E-state index contributed by atoms with van der Waals surface area (Å²) >= 11 is 0. The lowest BCUT2D eigenvalue weighted by atomic mass is 10.2. The van der Waals surface area contributed by atoms with Crippen LogP contribution in [0.25, 0.3) is 5.65 Å². The molecule has 0 aliphatic heterocycles. The maximum Gasteiger partial charge on any atom is 0.387 e. The number of carbonyl (C=O) groups is 1. The van der Waals surface area contributed by atoms with Gasteiger partial charge in [-0.15, -0.1) is 0 Å². The summed E-state index contributed by atoms with van der Waals surface area (Å²) in [6.07, 6.45) is 3.59. The minimum absolute atomic E-state index is 0.0158. The zero-order chi connectivity index (χ0) is 17.8. The van der Waals surface area contributed by atoms with Crippen LogP contribution in [0.1, 0.15) is 16.1 Å². The monoisotopic (exact) mass is 348 g/mol. The molecule has 8 heteroatoms. The Morgan fingerprint density at radius 3 is 2.80 bits per heavy atom. The van der Waals surface area contributed by atoms with Crippen LogP contribution in [-0.2, 0) is 11.3 Å². The average molecular weight is 348 g/mol. The van der Waals surface area contributed by atoms with Crippen molar-refractivity contribution in [1.82, 2.24) is 9.38 Å². The molecule has 0 saturated carbocycles. The highest BCUT2D eigenvalue weighted by Gasteiger charge is 2.15. The smallest absolute Gasteiger partial charge is 0.387 e. The number of imidazole rings is 1. The van der Waals surface area contributed by atoms with E-state index in [1.54, 1.807) is 6.20 Å². The number of hydrogen-bond acceptors (Lipinski definition) is 5. The van der Waals surface area contributed by atoms with Crippen molar-refractivity contribution in [2.75, 3.05) is 7.11 Å². The molecule has 0 spiro atoms. The second kappa shape index (κ2) is 7.16. The molecule has 2 aromatic heterocycles. The summed E-state index contributed by atoms with van der Waals surface area (Å²) in [5.74, 6) is -0.768. The lowest BCUT2D eigenvalue weighted by Gasteiger charge is -2.11. The molecule has 3 rings (SSSR count). The van der Waals surface area contributed by atoms with E-state index < -0.39 is 12.6 Å². The van der Waals surface area contributed by atoms with Gasteiger partial charge in [0.05, 0.1) is 18.4 Å². The molecule has 3 aromatic rings. The van der Waals surface area contributed by atoms with Crippen LogP contribution in [-0.4, -0.2) is 29.1 Å².